The molecule has 5 heteroatoms. The third-order valence-electron chi connectivity index (χ3n) is 2.59. The number of hydrogen-bond acceptors (Lipinski definition) is 2. The van der Waals surface area contributed by atoms with E-state index in [4.69, 9.17) is 11.6 Å². The zero-order valence-electron chi connectivity index (χ0n) is 9.27. The summed E-state index contributed by atoms with van der Waals surface area (Å²) in [6.07, 6.45) is 0.471. The van der Waals surface area contributed by atoms with Crippen molar-refractivity contribution in [3.63, 3.8) is 0 Å². The molecule has 0 aliphatic heterocycles. The first-order valence-electron chi connectivity index (χ1n) is 5.25. The second kappa shape index (κ2) is 5.50. The van der Waals surface area contributed by atoms with E-state index in [1.807, 2.05) is 30.3 Å². The Morgan fingerprint density at radius 3 is 2.44 bits per heavy atom. The van der Waals surface area contributed by atoms with E-state index in [0.29, 0.717) is 21.5 Å². The van der Waals surface area contributed by atoms with Crippen LogP contribution in [0.15, 0.2) is 46.9 Å². The van der Waals surface area contributed by atoms with Crippen molar-refractivity contribution in [1.82, 2.24) is 0 Å². The van der Waals surface area contributed by atoms with Gasteiger partial charge in [-0.3, -0.25) is 10.1 Å². The molecule has 0 bridgehead atoms. The monoisotopic (exact) mass is 325 g/mol. The predicted molar refractivity (Wildman–Crippen MR) is 75.1 cm³/mol. The lowest BCUT2D eigenvalue weighted by molar-refractivity contribution is -0.385. The van der Waals surface area contributed by atoms with Gasteiger partial charge in [0, 0.05) is 22.5 Å². The first-order chi connectivity index (χ1) is 8.59. The maximum Gasteiger partial charge on any atom is 0.274 e. The first kappa shape index (κ1) is 13.1. The van der Waals surface area contributed by atoms with Crippen LogP contribution in [-0.4, -0.2) is 4.92 Å². The standard InChI is InChI=1S/C13H9BrClNO2/c14-13-10(8-9-4-2-1-3-5-9)12(16(17)18)7-6-11(13)15/h1-7H,8H2. The average molecular weight is 327 g/mol. The summed E-state index contributed by atoms with van der Waals surface area (Å²) in [7, 11) is 0. The smallest absolute Gasteiger partial charge is 0.258 e. The number of rotatable bonds is 3. The molecule has 0 unspecified atom stereocenters. The fourth-order valence-corrected chi connectivity index (χ4v) is 2.37. The van der Waals surface area contributed by atoms with Gasteiger partial charge in [-0.15, -0.1) is 0 Å². The zero-order valence-corrected chi connectivity index (χ0v) is 11.6. The molecule has 2 aromatic rings. The summed E-state index contributed by atoms with van der Waals surface area (Å²) in [5.74, 6) is 0. The third-order valence-corrected chi connectivity index (χ3v) is 4.04. The number of nitro benzene ring substituents is 1. The second-order valence-electron chi connectivity index (χ2n) is 3.78. The average Bonchev–Trinajstić information content (AvgIpc) is 2.36. The maximum absolute atomic E-state index is 11.0. The molecule has 3 nitrogen and oxygen atoms in total. The van der Waals surface area contributed by atoms with Crippen LogP contribution in [0.25, 0.3) is 0 Å². The Morgan fingerprint density at radius 1 is 1.17 bits per heavy atom. The summed E-state index contributed by atoms with van der Waals surface area (Å²) in [4.78, 5) is 10.6. The molecule has 0 radical (unpaired) electrons. The third kappa shape index (κ3) is 2.71. The molecule has 0 aliphatic rings. The van der Waals surface area contributed by atoms with Crippen LogP contribution in [0.3, 0.4) is 0 Å². The van der Waals surface area contributed by atoms with Gasteiger partial charge in [0.1, 0.15) is 0 Å². The van der Waals surface area contributed by atoms with Crippen molar-refractivity contribution in [2.24, 2.45) is 0 Å². The zero-order chi connectivity index (χ0) is 13.1. The van der Waals surface area contributed by atoms with Gasteiger partial charge < -0.3 is 0 Å². The maximum atomic E-state index is 11.0. The largest absolute Gasteiger partial charge is 0.274 e. The summed E-state index contributed by atoms with van der Waals surface area (Å²) >= 11 is 9.31. The normalized spacial score (nSPS) is 10.3. The molecule has 18 heavy (non-hydrogen) atoms. The van der Waals surface area contributed by atoms with Gasteiger partial charge in [-0.2, -0.15) is 0 Å². The Bertz CT molecular complexity index is 587. The van der Waals surface area contributed by atoms with E-state index in [1.165, 1.54) is 12.1 Å². The van der Waals surface area contributed by atoms with E-state index < -0.39 is 0 Å². The SMILES string of the molecule is O=[N+]([O-])c1ccc(Cl)c(Br)c1Cc1ccccc1. The van der Waals surface area contributed by atoms with Crippen molar-refractivity contribution < 1.29 is 4.92 Å². The molecule has 0 spiro atoms. The Morgan fingerprint density at radius 2 is 1.83 bits per heavy atom. The van der Waals surface area contributed by atoms with Gasteiger partial charge in [-0.25, -0.2) is 0 Å². The van der Waals surface area contributed by atoms with Gasteiger partial charge in [-0.05, 0) is 27.6 Å². The minimum Gasteiger partial charge on any atom is -0.258 e. The lowest BCUT2D eigenvalue weighted by atomic mass is 10.0. The molecule has 0 heterocycles. The number of nitro groups is 1. The number of nitrogens with zero attached hydrogens (tertiary/aromatic N) is 1. The summed E-state index contributed by atoms with van der Waals surface area (Å²) in [6.45, 7) is 0. The lowest BCUT2D eigenvalue weighted by Gasteiger charge is -2.07. The highest BCUT2D eigenvalue weighted by Crippen LogP contribution is 2.34. The van der Waals surface area contributed by atoms with E-state index in [-0.39, 0.29) is 10.6 Å². The predicted octanol–water partition coefficient (Wildman–Crippen LogP) is 4.60. The van der Waals surface area contributed by atoms with Crippen molar-refractivity contribution in [2.45, 2.75) is 6.42 Å². The van der Waals surface area contributed by atoms with Crippen LogP contribution in [0.5, 0.6) is 0 Å². The Hall–Kier alpha value is -1.39. The topological polar surface area (TPSA) is 43.1 Å². The molecule has 2 rings (SSSR count). The van der Waals surface area contributed by atoms with Crippen LogP contribution in [-0.2, 0) is 6.42 Å². The van der Waals surface area contributed by atoms with Gasteiger partial charge in [0.25, 0.3) is 5.69 Å². The van der Waals surface area contributed by atoms with E-state index in [1.54, 1.807) is 0 Å². The van der Waals surface area contributed by atoms with E-state index in [9.17, 15) is 10.1 Å². The molecule has 0 saturated carbocycles. The van der Waals surface area contributed by atoms with E-state index >= 15 is 0 Å². The van der Waals surface area contributed by atoms with Crippen molar-refractivity contribution in [3.05, 3.63) is 73.2 Å². The highest BCUT2D eigenvalue weighted by atomic mass is 79.9. The Balaban J connectivity index is 2.48. The molecule has 0 aliphatic carbocycles. The van der Waals surface area contributed by atoms with Crippen LogP contribution >= 0.6 is 27.5 Å². The second-order valence-corrected chi connectivity index (χ2v) is 4.98. The summed E-state index contributed by atoms with van der Waals surface area (Å²) in [5, 5.41) is 11.5. The van der Waals surface area contributed by atoms with Gasteiger partial charge in [-0.1, -0.05) is 41.9 Å². The molecule has 0 saturated heterocycles. The van der Waals surface area contributed by atoms with Crippen molar-refractivity contribution in [1.29, 1.82) is 0 Å². The van der Waals surface area contributed by atoms with E-state index in [0.717, 1.165) is 5.56 Å². The van der Waals surface area contributed by atoms with Crippen molar-refractivity contribution in [3.8, 4) is 0 Å². The van der Waals surface area contributed by atoms with Gasteiger partial charge in [0.05, 0.1) is 9.95 Å². The van der Waals surface area contributed by atoms with Crippen molar-refractivity contribution >= 4 is 33.2 Å². The molecule has 2 aromatic carbocycles. The van der Waals surface area contributed by atoms with Crippen LogP contribution in [0.1, 0.15) is 11.1 Å². The van der Waals surface area contributed by atoms with Gasteiger partial charge >= 0.3 is 0 Å². The summed E-state index contributed by atoms with van der Waals surface area (Å²) in [5.41, 5.74) is 1.68. The lowest BCUT2D eigenvalue weighted by Crippen LogP contribution is -1.98. The minimum atomic E-state index is -0.390. The highest BCUT2D eigenvalue weighted by molar-refractivity contribution is 9.10. The van der Waals surface area contributed by atoms with Crippen LogP contribution in [0, 0.1) is 10.1 Å². The van der Waals surface area contributed by atoms with Crippen LogP contribution < -0.4 is 0 Å². The minimum absolute atomic E-state index is 0.0788. The Labute approximate surface area is 118 Å². The molecular formula is C13H9BrClNO2. The fraction of sp³-hybridized carbons (Fsp3) is 0.0769. The molecule has 0 atom stereocenters. The van der Waals surface area contributed by atoms with Crippen LogP contribution in [0.2, 0.25) is 5.02 Å². The summed E-state index contributed by atoms with van der Waals surface area (Å²) in [6, 6.07) is 12.5. The molecule has 0 N–H and O–H groups in total. The highest BCUT2D eigenvalue weighted by Gasteiger charge is 2.18. The number of benzene rings is 2. The summed E-state index contributed by atoms with van der Waals surface area (Å²) < 4.78 is 0.585. The van der Waals surface area contributed by atoms with Gasteiger partial charge in [0.2, 0.25) is 0 Å². The molecular weight excluding hydrogens is 318 g/mol. The Kier molecular flexibility index (Phi) is 3.99. The fourth-order valence-electron chi connectivity index (χ4n) is 1.72. The van der Waals surface area contributed by atoms with Gasteiger partial charge in [0.15, 0.2) is 0 Å². The van der Waals surface area contributed by atoms with E-state index in [2.05, 4.69) is 15.9 Å². The molecule has 0 fully saturated rings. The van der Waals surface area contributed by atoms with Crippen molar-refractivity contribution in [2.75, 3.05) is 0 Å². The molecule has 0 amide bonds. The first-order valence-corrected chi connectivity index (χ1v) is 6.42. The van der Waals surface area contributed by atoms with Crippen LogP contribution in [0.4, 0.5) is 5.69 Å². The molecule has 0 aromatic heterocycles. The number of hydrogen-bond donors (Lipinski definition) is 0. The molecule has 92 valence electrons. The quantitative estimate of drug-likeness (QED) is 0.611. The number of halogens is 2.